The molecule has 0 amide bonds. The van der Waals surface area contributed by atoms with E-state index in [0.29, 0.717) is 5.56 Å². The number of hydrogen-bond acceptors (Lipinski definition) is 4. The van der Waals surface area contributed by atoms with Gasteiger partial charge in [-0.05, 0) is 13.0 Å². The van der Waals surface area contributed by atoms with Crippen molar-refractivity contribution in [3.05, 3.63) is 29.2 Å². The van der Waals surface area contributed by atoms with E-state index in [1.165, 1.54) is 14.0 Å². The summed E-state index contributed by atoms with van der Waals surface area (Å²) in [5.74, 6) is 0.000535. The molecule has 0 aromatic heterocycles. The quantitative estimate of drug-likeness (QED) is 0.781. The Labute approximate surface area is 93.5 Å². The van der Waals surface area contributed by atoms with E-state index in [2.05, 4.69) is 0 Å². The summed E-state index contributed by atoms with van der Waals surface area (Å²) in [6, 6.07) is 4.83. The van der Waals surface area contributed by atoms with E-state index < -0.39 is 9.84 Å². The average molecular weight is 238 g/mol. The predicted molar refractivity (Wildman–Crippen MR) is 58.8 cm³/mol. The van der Waals surface area contributed by atoms with Crippen molar-refractivity contribution in [2.75, 3.05) is 7.11 Å². The Hall–Kier alpha value is -1.62. The van der Waals surface area contributed by atoms with Crippen LogP contribution >= 0.6 is 0 Å². The monoisotopic (exact) mass is 238 g/mol. The van der Waals surface area contributed by atoms with Crippen LogP contribution in [0, 0.1) is 0 Å². The highest BCUT2D eigenvalue weighted by Gasteiger charge is 2.32. The van der Waals surface area contributed by atoms with Gasteiger partial charge in [0, 0.05) is 16.5 Å². The van der Waals surface area contributed by atoms with E-state index in [-0.39, 0.29) is 22.0 Å². The van der Waals surface area contributed by atoms with E-state index >= 15 is 0 Å². The molecule has 0 saturated heterocycles. The number of Topliss-reactive ketones (excluding diaryl/α,β-unsaturated/α-hetero) is 1. The van der Waals surface area contributed by atoms with Crippen LogP contribution < -0.4 is 4.74 Å². The number of sulfone groups is 1. The smallest absolute Gasteiger partial charge is 0.204 e. The summed E-state index contributed by atoms with van der Waals surface area (Å²) in [5.41, 5.74) is 0.640. The number of ether oxygens (including phenoxy) is 1. The molecule has 1 aliphatic heterocycles. The van der Waals surface area contributed by atoms with Crippen molar-refractivity contribution in [3.8, 4) is 5.75 Å². The molecule has 4 nitrogen and oxygen atoms in total. The third-order valence-corrected chi connectivity index (χ3v) is 3.96. The number of methoxy groups -OCH3 is 1. The summed E-state index contributed by atoms with van der Waals surface area (Å²) < 4.78 is 28.7. The number of rotatable bonds is 2. The minimum atomic E-state index is -3.55. The molecule has 0 bridgehead atoms. The maximum Gasteiger partial charge on any atom is 0.204 e. The fraction of sp³-hybridized carbons (Fsp3) is 0.182. The number of carbonyl (C=O) groups is 1. The standard InChI is InChI=1S/C11H10O4S/c1-7(12)9-6-16(13,14)11-8(9)4-3-5-10(11)15-2/h3-6H,1-2H3. The van der Waals surface area contributed by atoms with Crippen LogP contribution in [-0.4, -0.2) is 21.3 Å². The molecule has 0 radical (unpaired) electrons. The Morgan fingerprint density at radius 1 is 1.31 bits per heavy atom. The normalized spacial score (nSPS) is 16.5. The number of ketones is 1. The van der Waals surface area contributed by atoms with Crippen LogP contribution in [0.25, 0.3) is 5.57 Å². The summed E-state index contributed by atoms with van der Waals surface area (Å²) in [4.78, 5) is 11.4. The van der Waals surface area contributed by atoms with Gasteiger partial charge in [-0.15, -0.1) is 0 Å². The molecule has 0 saturated carbocycles. The molecule has 0 N–H and O–H groups in total. The summed E-state index contributed by atoms with van der Waals surface area (Å²) in [5, 5.41) is 1.00. The molecule has 84 valence electrons. The molecule has 0 unspecified atom stereocenters. The van der Waals surface area contributed by atoms with Crippen LogP contribution in [0.15, 0.2) is 28.5 Å². The second kappa shape index (κ2) is 3.45. The third-order valence-electron chi connectivity index (χ3n) is 2.43. The van der Waals surface area contributed by atoms with Gasteiger partial charge in [-0.2, -0.15) is 0 Å². The lowest BCUT2D eigenvalue weighted by Gasteiger charge is -2.06. The molecule has 1 heterocycles. The zero-order chi connectivity index (χ0) is 11.9. The number of benzene rings is 1. The fourth-order valence-corrected chi connectivity index (χ4v) is 3.37. The number of hydrogen-bond donors (Lipinski definition) is 0. The Balaban J connectivity index is 2.81. The summed E-state index contributed by atoms with van der Waals surface area (Å²) in [7, 11) is -2.15. The van der Waals surface area contributed by atoms with Gasteiger partial charge in [-0.3, -0.25) is 4.79 Å². The molecule has 0 atom stereocenters. The molecule has 1 aromatic carbocycles. The topological polar surface area (TPSA) is 60.4 Å². The van der Waals surface area contributed by atoms with Crippen LogP contribution in [0.3, 0.4) is 0 Å². The van der Waals surface area contributed by atoms with Gasteiger partial charge in [-0.1, -0.05) is 12.1 Å². The molecule has 1 aromatic rings. The van der Waals surface area contributed by atoms with Gasteiger partial charge >= 0.3 is 0 Å². The first-order valence-electron chi connectivity index (χ1n) is 4.62. The Bertz CT molecular complexity index is 596. The van der Waals surface area contributed by atoms with Gasteiger partial charge in [0.05, 0.1) is 7.11 Å². The molecule has 0 fully saturated rings. The third kappa shape index (κ3) is 1.44. The van der Waals surface area contributed by atoms with Crippen LogP contribution in [0.1, 0.15) is 12.5 Å². The molecule has 2 rings (SSSR count). The minimum Gasteiger partial charge on any atom is -0.495 e. The van der Waals surface area contributed by atoms with Crippen LogP contribution in [-0.2, 0) is 14.6 Å². The first-order valence-corrected chi connectivity index (χ1v) is 6.17. The molecule has 5 heteroatoms. The van der Waals surface area contributed by atoms with E-state index in [9.17, 15) is 13.2 Å². The van der Waals surface area contributed by atoms with Gasteiger partial charge in [0.1, 0.15) is 10.6 Å². The van der Waals surface area contributed by atoms with Gasteiger partial charge in [0.25, 0.3) is 0 Å². The minimum absolute atomic E-state index is 0.0858. The largest absolute Gasteiger partial charge is 0.495 e. The Morgan fingerprint density at radius 2 is 2.00 bits per heavy atom. The highest BCUT2D eigenvalue weighted by molar-refractivity contribution is 7.95. The zero-order valence-electron chi connectivity index (χ0n) is 8.85. The summed E-state index contributed by atoms with van der Waals surface area (Å²) in [6.07, 6.45) is 0. The van der Waals surface area contributed by atoms with Crippen LogP contribution in [0.5, 0.6) is 5.75 Å². The number of fused-ring (bicyclic) bond motifs is 1. The van der Waals surface area contributed by atoms with Crippen molar-refractivity contribution < 1.29 is 17.9 Å². The lowest BCUT2D eigenvalue weighted by atomic mass is 10.0. The van der Waals surface area contributed by atoms with Crippen LogP contribution in [0.4, 0.5) is 0 Å². The highest BCUT2D eigenvalue weighted by Crippen LogP contribution is 2.39. The van der Waals surface area contributed by atoms with Gasteiger partial charge in [0.15, 0.2) is 5.78 Å². The second-order valence-corrected chi connectivity index (χ2v) is 5.20. The van der Waals surface area contributed by atoms with E-state index in [0.717, 1.165) is 5.41 Å². The lowest BCUT2D eigenvalue weighted by molar-refractivity contribution is -0.111. The van der Waals surface area contributed by atoms with Crippen LogP contribution in [0.2, 0.25) is 0 Å². The molecular formula is C11H10O4S. The Morgan fingerprint density at radius 3 is 2.56 bits per heavy atom. The van der Waals surface area contributed by atoms with Gasteiger partial charge in [0.2, 0.25) is 9.84 Å². The van der Waals surface area contributed by atoms with E-state index in [4.69, 9.17) is 4.74 Å². The zero-order valence-corrected chi connectivity index (χ0v) is 9.67. The highest BCUT2D eigenvalue weighted by atomic mass is 32.2. The summed E-state index contributed by atoms with van der Waals surface area (Å²) in [6.45, 7) is 1.34. The Kier molecular flexibility index (Phi) is 2.35. The van der Waals surface area contributed by atoms with Gasteiger partial charge < -0.3 is 4.74 Å². The molecule has 1 aliphatic rings. The maximum absolute atomic E-state index is 11.8. The molecular weight excluding hydrogens is 228 g/mol. The first-order chi connectivity index (χ1) is 7.47. The fourth-order valence-electron chi connectivity index (χ4n) is 1.73. The van der Waals surface area contributed by atoms with E-state index in [1.54, 1.807) is 18.2 Å². The predicted octanol–water partition coefficient (Wildman–Crippen LogP) is 1.41. The average Bonchev–Trinajstić information content (AvgIpc) is 2.51. The van der Waals surface area contributed by atoms with Crippen molar-refractivity contribution in [2.45, 2.75) is 11.8 Å². The summed E-state index contributed by atoms with van der Waals surface area (Å²) >= 11 is 0. The molecule has 16 heavy (non-hydrogen) atoms. The number of carbonyl (C=O) groups excluding carboxylic acids is 1. The van der Waals surface area contributed by atoms with Crippen molar-refractivity contribution in [2.24, 2.45) is 0 Å². The molecule has 0 aliphatic carbocycles. The maximum atomic E-state index is 11.8. The lowest BCUT2D eigenvalue weighted by Crippen LogP contribution is -1.98. The SMILES string of the molecule is COc1cccc2c1S(=O)(=O)C=C2C(C)=O. The second-order valence-electron chi connectivity index (χ2n) is 3.47. The van der Waals surface area contributed by atoms with E-state index in [1.807, 2.05) is 0 Å². The van der Waals surface area contributed by atoms with Crippen molar-refractivity contribution in [1.29, 1.82) is 0 Å². The number of allylic oxidation sites excluding steroid dienone is 1. The first kappa shape index (κ1) is 10.9. The van der Waals surface area contributed by atoms with Gasteiger partial charge in [-0.25, -0.2) is 8.42 Å². The van der Waals surface area contributed by atoms with Crippen molar-refractivity contribution in [1.82, 2.24) is 0 Å². The van der Waals surface area contributed by atoms with Crippen molar-refractivity contribution >= 4 is 21.2 Å². The molecule has 0 spiro atoms. The van der Waals surface area contributed by atoms with Crippen molar-refractivity contribution in [3.63, 3.8) is 0 Å².